The SMILES string of the molecule is Cc1cccc(C)c1SN1C(=O)c2ccccc2S1(=O)=O. The summed E-state index contributed by atoms with van der Waals surface area (Å²) < 4.78 is 25.9. The average molecular weight is 319 g/mol. The van der Waals surface area contributed by atoms with E-state index in [1.165, 1.54) is 6.07 Å². The van der Waals surface area contributed by atoms with Crippen molar-refractivity contribution in [2.45, 2.75) is 23.6 Å². The highest BCUT2D eigenvalue weighted by Crippen LogP contribution is 2.40. The normalized spacial score (nSPS) is 16.1. The summed E-state index contributed by atoms with van der Waals surface area (Å²) in [6, 6.07) is 12.0. The van der Waals surface area contributed by atoms with Gasteiger partial charge in [0.25, 0.3) is 15.9 Å². The van der Waals surface area contributed by atoms with Gasteiger partial charge in [0.1, 0.15) is 4.90 Å². The van der Waals surface area contributed by atoms with Crippen LogP contribution in [0.4, 0.5) is 0 Å². The standard InChI is InChI=1S/C15H13NO3S2/c1-10-6-5-7-11(2)14(10)20-16-15(17)12-8-3-4-9-13(12)21(16,18)19/h3-9H,1-2H3. The van der Waals surface area contributed by atoms with Crippen LogP contribution in [0.2, 0.25) is 0 Å². The Balaban J connectivity index is 2.08. The Kier molecular flexibility index (Phi) is 3.30. The number of nitrogens with zero attached hydrogens (tertiary/aromatic N) is 1. The first-order valence-corrected chi connectivity index (χ1v) is 8.57. The first-order valence-electron chi connectivity index (χ1n) is 6.36. The van der Waals surface area contributed by atoms with Crippen molar-refractivity contribution in [3.8, 4) is 0 Å². The molecule has 6 heteroatoms. The van der Waals surface area contributed by atoms with Crippen molar-refractivity contribution < 1.29 is 13.2 Å². The lowest BCUT2D eigenvalue weighted by atomic mass is 10.2. The fraction of sp³-hybridized carbons (Fsp3) is 0.133. The Bertz CT molecular complexity index is 823. The second kappa shape index (κ2) is 4.89. The van der Waals surface area contributed by atoms with E-state index in [4.69, 9.17) is 0 Å². The largest absolute Gasteiger partial charge is 0.279 e. The van der Waals surface area contributed by atoms with Crippen LogP contribution in [0, 0.1) is 13.8 Å². The van der Waals surface area contributed by atoms with Gasteiger partial charge in [-0.05, 0) is 37.1 Å². The van der Waals surface area contributed by atoms with Crippen molar-refractivity contribution in [3.05, 3.63) is 59.2 Å². The van der Waals surface area contributed by atoms with Crippen molar-refractivity contribution in [2.75, 3.05) is 0 Å². The highest BCUT2D eigenvalue weighted by Gasteiger charge is 2.42. The minimum atomic E-state index is -3.78. The average Bonchev–Trinajstić information content (AvgIpc) is 2.64. The van der Waals surface area contributed by atoms with Crippen molar-refractivity contribution >= 4 is 27.9 Å². The van der Waals surface area contributed by atoms with E-state index in [1.807, 2.05) is 32.0 Å². The first kappa shape index (κ1) is 14.2. The first-order chi connectivity index (χ1) is 9.93. The molecule has 3 rings (SSSR count). The molecule has 0 aliphatic carbocycles. The van der Waals surface area contributed by atoms with Gasteiger partial charge < -0.3 is 0 Å². The molecular weight excluding hydrogens is 306 g/mol. The van der Waals surface area contributed by atoms with Gasteiger partial charge in [0.15, 0.2) is 0 Å². The summed E-state index contributed by atoms with van der Waals surface area (Å²) in [6.07, 6.45) is 0. The van der Waals surface area contributed by atoms with E-state index < -0.39 is 15.9 Å². The third kappa shape index (κ3) is 2.15. The number of benzene rings is 2. The third-order valence-electron chi connectivity index (χ3n) is 3.36. The summed E-state index contributed by atoms with van der Waals surface area (Å²) in [4.78, 5) is 13.2. The highest BCUT2D eigenvalue weighted by molar-refractivity contribution is 8.09. The van der Waals surface area contributed by atoms with Gasteiger partial charge in [-0.2, -0.15) is 3.71 Å². The summed E-state index contributed by atoms with van der Waals surface area (Å²) >= 11 is 0.972. The highest BCUT2D eigenvalue weighted by atomic mass is 32.3. The van der Waals surface area contributed by atoms with Gasteiger partial charge in [0.2, 0.25) is 0 Å². The van der Waals surface area contributed by atoms with E-state index in [0.29, 0.717) is 0 Å². The predicted molar refractivity (Wildman–Crippen MR) is 81.6 cm³/mol. The van der Waals surface area contributed by atoms with Crippen LogP contribution in [0.3, 0.4) is 0 Å². The van der Waals surface area contributed by atoms with Gasteiger partial charge in [-0.3, -0.25) is 4.79 Å². The van der Waals surface area contributed by atoms with Gasteiger partial charge in [0, 0.05) is 16.8 Å². The Hall–Kier alpha value is -1.79. The maximum Gasteiger partial charge on any atom is 0.279 e. The van der Waals surface area contributed by atoms with Gasteiger partial charge in [0.05, 0.1) is 5.56 Å². The van der Waals surface area contributed by atoms with E-state index in [0.717, 1.165) is 31.7 Å². The Morgan fingerprint density at radius 2 is 1.57 bits per heavy atom. The number of carbonyl (C=O) groups is 1. The second-order valence-corrected chi connectivity index (χ2v) is 7.79. The molecule has 108 valence electrons. The number of rotatable bonds is 2. The molecule has 1 amide bonds. The number of aryl methyl sites for hydroxylation is 2. The van der Waals surface area contributed by atoms with Crippen LogP contribution in [-0.4, -0.2) is 18.0 Å². The number of carbonyl (C=O) groups excluding carboxylic acids is 1. The van der Waals surface area contributed by atoms with Gasteiger partial charge in [-0.15, -0.1) is 0 Å². The van der Waals surface area contributed by atoms with Gasteiger partial charge >= 0.3 is 0 Å². The van der Waals surface area contributed by atoms with Crippen molar-refractivity contribution in [1.82, 2.24) is 3.71 Å². The molecule has 1 heterocycles. The lowest BCUT2D eigenvalue weighted by Crippen LogP contribution is -2.23. The van der Waals surface area contributed by atoms with Crippen LogP contribution in [0.25, 0.3) is 0 Å². The van der Waals surface area contributed by atoms with Gasteiger partial charge in [-0.25, -0.2) is 8.42 Å². The molecule has 0 spiro atoms. The number of fused-ring (bicyclic) bond motifs is 1. The monoisotopic (exact) mass is 319 g/mol. The molecule has 0 fully saturated rings. The molecule has 2 aromatic carbocycles. The summed E-state index contributed by atoms with van der Waals surface area (Å²) in [5.41, 5.74) is 2.12. The molecule has 1 aliphatic rings. The van der Waals surface area contributed by atoms with Crippen molar-refractivity contribution in [1.29, 1.82) is 0 Å². The van der Waals surface area contributed by atoms with Crippen molar-refractivity contribution in [2.24, 2.45) is 0 Å². The van der Waals surface area contributed by atoms with Crippen LogP contribution in [0.1, 0.15) is 21.5 Å². The Morgan fingerprint density at radius 3 is 2.19 bits per heavy atom. The minimum Gasteiger partial charge on any atom is -0.267 e. The number of hydrogen-bond acceptors (Lipinski definition) is 4. The summed E-state index contributed by atoms with van der Waals surface area (Å²) in [5, 5.41) is 0. The fourth-order valence-corrected chi connectivity index (χ4v) is 5.09. The van der Waals surface area contributed by atoms with Crippen LogP contribution in [-0.2, 0) is 10.0 Å². The lowest BCUT2D eigenvalue weighted by Gasteiger charge is -2.16. The van der Waals surface area contributed by atoms with E-state index in [2.05, 4.69) is 0 Å². The Morgan fingerprint density at radius 1 is 0.952 bits per heavy atom. The number of amides is 1. The molecule has 0 N–H and O–H groups in total. The minimum absolute atomic E-state index is 0.0775. The number of sulfonamides is 1. The second-order valence-electron chi connectivity index (χ2n) is 4.85. The Labute approximate surface area is 128 Å². The van der Waals surface area contributed by atoms with Crippen LogP contribution in [0.5, 0.6) is 0 Å². The molecule has 0 atom stereocenters. The molecule has 0 bridgehead atoms. The topological polar surface area (TPSA) is 54.5 Å². The molecule has 1 aliphatic heterocycles. The van der Waals surface area contributed by atoms with Gasteiger partial charge in [-0.1, -0.05) is 30.3 Å². The maximum absolute atomic E-state index is 12.5. The summed E-state index contributed by atoms with van der Waals surface area (Å²) in [7, 11) is -3.78. The molecule has 2 aromatic rings. The fourth-order valence-electron chi connectivity index (χ4n) is 2.28. The van der Waals surface area contributed by atoms with E-state index >= 15 is 0 Å². The third-order valence-corrected chi connectivity index (χ3v) is 6.85. The predicted octanol–water partition coefficient (Wildman–Crippen LogP) is 3.16. The maximum atomic E-state index is 12.5. The zero-order chi connectivity index (χ0) is 15.2. The smallest absolute Gasteiger partial charge is 0.267 e. The molecule has 0 radical (unpaired) electrons. The lowest BCUT2D eigenvalue weighted by molar-refractivity contribution is 0.0934. The number of hydrogen-bond donors (Lipinski definition) is 0. The molecule has 0 unspecified atom stereocenters. The molecule has 0 saturated heterocycles. The van der Waals surface area contributed by atoms with E-state index in [-0.39, 0.29) is 10.5 Å². The summed E-state index contributed by atoms with van der Waals surface area (Å²) in [6.45, 7) is 3.80. The van der Waals surface area contributed by atoms with E-state index in [1.54, 1.807) is 18.2 Å². The molecule has 21 heavy (non-hydrogen) atoms. The molecule has 0 aromatic heterocycles. The zero-order valence-corrected chi connectivity index (χ0v) is 13.2. The van der Waals surface area contributed by atoms with Crippen LogP contribution in [0.15, 0.2) is 52.3 Å². The van der Waals surface area contributed by atoms with Crippen molar-refractivity contribution in [3.63, 3.8) is 0 Å². The van der Waals surface area contributed by atoms with E-state index in [9.17, 15) is 13.2 Å². The van der Waals surface area contributed by atoms with Crippen LogP contribution >= 0.6 is 11.9 Å². The molecular formula is C15H13NO3S2. The molecule has 0 saturated carbocycles. The zero-order valence-electron chi connectivity index (χ0n) is 11.5. The quantitative estimate of drug-likeness (QED) is 0.798. The molecule has 4 nitrogen and oxygen atoms in total. The summed E-state index contributed by atoms with van der Waals surface area (Å²) in [5.74, 6) is -0.488. The van der Waals surface area contributed by atoms with Crippen LogP contribution < -0.4 is 0 Å².